The van der Waals surface area contributed by atoms with E-state index in [1.165, 1.54) is 0 Å². The molecule has 162 valence electrons. The van der Waals surface area contributed by atoms with Crippen LogP contribution in [-0.2, 0) is 27.4 Å². The molecule has 0 heterocycles. The van der Waals surface area contributed by atoms with Crippen molar-refractivity contribution >= 4 is 17.9 Å². The predicted octanol–water partition coefficient (Wildman–Crippen LogP) is 2.04. The quantitative estimate of drug-likeness (QED) is 0.539. The number of amides is 3. The van der Waals surface area contributed by atoms with Gasteiger partial charge in [-0.3, -0.25) is 9.59 Å². The summed E-state index contributed by atoms with van der Waals surface area (Å²) in [6.45, 7) is 1.68. The molecule has 0 bridgehead atoms. The Kier molecular flexibility index (Phi) is 9.05. The molecule has 31 heavy (non-hydrogen) atoms. The van der Waals surface area contributed by atoms with Crippen LogP contribution in [0, 0.1) is 17.2 Å². The van der Waals surface area contributed by atoms with E-state index in [9.17, 15) is 14.4 Å². The molecule has 0 saturated heterocycles. The van der Waals surface area contributed by atoms with Crippen LogP contribution in [0.5, 0.6) is 0 Å². The minimum absolute atomic E-state index is 0.0515. The second-order valence-corrected chi connectivity index (χ2v) is 7.18. The first-order chi connectivity index (χ1) is 14.9. The number of nitrogens with two attached hydrogens (primary N) is 1. The third kappa shape index (κ3) is 8.19. The highest BCUT2D eigenvalue weighted by atomic mass is 16.5. The van der Waals surface area contributed by atoms with Gasteiger partial charge in [0.05, 0.1) is 6.07 Å². The van der Waals surface area contributed by atoms with E-state index >= 15 is 0 Å². The molecule has 0 aliphatic rings. The summed E-state index contributed by atoms with van der Waals surface area (Å²) in [6.07, 6.45) is -0.499. The van der Waals surface area contributed by atoms with E-state index in [0.717, 1.165) is 11.1 Å². The zero-order valence-electron chi connectivity index (χ0n) is 17.3. The molecule has 8 heteroatoms. The maximum absolute atomic E-state index is 12.9. The van der Waals surface area contributed by atoms with Gasteiger partial charge in [-0.2, -0.15) is 5.26 Å². The number of nitriles is 1. The van der Waals surface area contributed by atoms with Gasteiger partial charge in [0, 0.05) is 12.3 Å². The van der Waals surface area contributed by atoms with E-state index < -0.39 is 35.9 Å². The van der Waals surface area contributed by atoms with Crippen molar-refractivity contribution in [3.05, 3.63) is 71.8 Å². The standard InChI is InChI=1S/C23H26N4O4/c1-16(14-24)12-19(21(25)28)26-22(29)20(13-17-8-4-2-5-9-17)27-23(30)31-15-18-10-6-3-7-11-18/h2-11,16,19-20H,12-13,15H2,1H3,(H2,25,28)(H,26,29)(H,27,30)/t16-,19-,20-/m1/s1. The van der Waals surface area contributed by atoms with Crippen molar-refractivity contribution in [2.45, 2.75) is 38.5 Å². The molecule has 4 N–H and O–H groups in total. The average molecular weight is 422 g/mol. The molecule has 0 spiro atoms. The molecule has 0 aromatic heterocycles. The van der Waals surface area contributed by atoms with Crippen molar-refractivity contribution in [3.63, 3.8) is 0 Å². The monoisotopic (exact) mass is 422 g/mol. The Morgan fingerprint density at radius 3 is 2.10 bits per heavy atom. The van der Waals surface area contributed by atoms with Crippen LogP contribution in [0.15, 0.2) is 60.7 Å². The summed E-state index contributed by atoms with van der Waals surface area (Å²) >= 11 is 0. The fourth-order valence-corrected chi connectivity index (χ4v) is 2.89. The summed E-state index contributed by atoms with van der Waals surface area (Å²) in [6, 6.07) is 18.2. The number of hydrogen-bond donors (Lipinski definition) is 3. The number of hydrogen-bond acceptors (Lipinski definition) is 5. The SMILES string of the molecule is C[C@@H](C#N)C[C@@H](NC(=O)[C@@H](Cc1ccccc1)NC(=O)OCc1ccccc1)C(N)=O. The van der Waals surface area contributed by atoms with E-state index in [-0.39, 0.29) is 19.4 Å². The first kappa shape index (κ1) is 23.4. The van der Waals surface area contributed by atoms with Gasteiger partial charge in [-0.05, 0) is 24.5 Å². The van der Waals surface area contributed by atoms with Gasteiger partial charge in [0.15, 0.2) is 0 Å². The van der Waals surface area contributed by atoms with Crippen LogP contribution >= 0.6 is 0 Å². The van der Waals surface area contributed by atoms with Gasteiger partial charge in [0.1, 0.15) is 18.7 Å². The third-order valence-electron chi connectivity index (χ3n) is 4.57. The lowest BCUT2D eigenvalue weighted by atomic mass is 10.0. The molecule has 8 nitrogen and oxygen atoms in total. The van der Waals surface area contributed by atoms with Crippen LogP contribution in [0.3, 0.4) is 0 Å². The van der Waals surface area contributed by atoms with Crippen molar-refractivity contribution < 1.29 is 19.1 Å². The summed E-state index contributed by atoms with van der Waals surface area (Å²) < 4.78 is 5.22. The van der Waals surface area contributed by atoms with Crippen LogP contribution in [-0.4, -0.2) is 30.0 Å². The van der Waals surface area contributed by atoms with Gasteiger partial charge in [0.2, 0.25) is 11.8 Å². The Balaban J connectivity index is 2.07. The molecule has 0 aliphatic heterocycles. The second-order valence-electron chi connectivity index (χ2n) is 7.18. The minimum atomic E-state index is -1.03. The Labute approximate surface area is 181 Å². The summed E-state index contributed by atoms with van der Waals surface area (Å²) in [5, 5.41) is 14.1. The summed E-state index contributed by atoms with van der Waals surface area (Å²) in [7, 11) is 0. The first-order valence-electron chi connectivity index (χ1n) is 9.89. The molecule has 0 unspecified atom stereocenters. The zero-order valence-corrected chi connectivity index (χ0v) is 17.3. The smallest absolute Gasteiger partial charge is 0.408 e. The number of carbonyl (C=O) groups excluding carboxylic acids is 3. The number of primary amides is 1. The number of rotatable bonds is 10. The molecule has 0 radical (unpaired) electrons. The van der Waals surface area contributed by atoms with E-state index in [4.69, 9.17) is 15.7 Å². The molecule has 3 atom stereocenters. The number of nitrogens with zero attached hydrogens (tertiary/aromatic N) is 1. The Hall–Kier alpha value is -3.86. The maximum atomic E-state index is 12.9. The average Bonchev–Trinajstić information content (AvgIpc) is 2.78. The topological polar surface area (TPSA) is 134 Å². The molecular weight excluding hydrogens is 396 g/mol. The van der Waals surface area contributed by atoms with E-state index in [0.29, 0.717) is 0 Å². The molecule has 2 aromatic carbocycles. The Morgan fingerprint density at radius 1 is 0.968 bits per heavy atom. The van der Waals surface area contributed by atoms with Gasteiger partial charge >= 0.3 is 6.09 Å². The van der Waals surface area contributed by atoms with Gasteiger partial charge in [-0.15, -0.1) is 0 Å². The van der Waals surface area contributed by atoms with Crippen molar-refractivity contribution in [1.29, 1.82) is 5.26 Å². The van der Waals surface area contributed by atoms with Crippen molar-refractivity contribution in [1.82, 2.24) is 10.6 Å². The molecule has 2 rings (SSSR count). The summed E-state index contributed by atoms with van der Waals surface area (Å²) in [5.41, 5.74) is 7.00. The lowest BCUT2D eigenvalue weighted by Crippen LogP contribution is -2.54. The zero-order chi connectivity index (χ0) is 22.6. The number of ether oxygens (including phenoxy) is 1. The minimum Gasteiger partial charge on any atom is -0.445 e. The molecule has 0 fully saturated rings. The van der Waals surface area contributed by atoms with E-state index in [1.807, 2.05) is 66.7 Å². The highest BCUT2D eigenvalue weighted by Gasteiger charge is 2.27. The van der Waals surface area contributed by atoms with Crippen LogP contribution in [0.1, 0.15) is 24.5 Å². The molecule has 3 amide bonds. The summed E-state index contributed by atoms with van der Waals surface area (Å²) in [4.78, 5) is 36.9. The normalized spacial score (nSPS) is 13.2. The van der Waals surface area contributed by atoms with Gasteiger partial charge in [0.25, 0.3) is 0 Å². The van der Waals surface area contributed by atoms with Crippen molar-refractivity contribution in [2.24, 2.45) is 11.7 Å². The van der Waals surface area contributed by atoms with Crippen LogP contribution in [0.4, 0.5) is 4.79 Å². The van der Waals surface area contributed by atoms with Crippen molar-refractivity contribution in [3.8, 4) is 6.07 Å². The molecular formula is C23H26N4O4. The largest absolute Gasteiger partial charge is 0.445 e. The van der Waals surface area contributed by atoms with Gasteiger partial charge in [-0.1, -0.05) is 60.7 Å². The Morgan fingerprint density at radius 2 is 1.55 bits per heavy atom. The van der Waals surface area contributed by atoms with Crippen molar-refractivity contribution in [2.75, 3.05) is 0 Å². The second kappa shape index (κ2) is 12.0. The van der Waals surface area contributed by atoms with Crippen LogP contribution in [0.2, 0.25) is 0 Å². The van der Waals surface area contributed by atoms with E-state index in [1.54, 1.807) is 6.92 Å². The highest BCUT2D eigenvalue weighted by molar-refractivity contribution is 5.90. The highest BCUT2D eigenvalue weighted by Crippen LogP contribution is 2.08. The van der Waals surface area contributed by atoms with Crippen LogP contribution in [0.25, 0.3) is 0 Å². The lowest BCUT2D eigenvalue weighted by molar-refractivity contribution is -0.128. The number of carbonyl (C=O) groups is 3. The number of nitrogens with one attached hydrogen (secondary N) is 2. The molecule has 2 aromatic rings. The molecule has 0 aliphatic carbocycles. The lowest BCUT2D eigenvalue weighted by Gasteiger charge is -2.22. The summed E-state index contributed by atoms with van der Waals surface area (Å²) in [5.74, 6) is -1.82. The fourth-order valence-electron chi connectivity index (χ4n) is 2.89. The predicted molar refractivity (Wildman–Crippen MR) is 114 cm³/mol. The number of benzene rings is 2. The first-order valence-corrected chi connectivity index (χ1v) is 9.89. The van der Waals surface area contributed by atoms with E-state index in [2.05, 4.69) is 10.6 Å². The van der Waals surface area contributed by atoms with Gasteiger partial charge < -0.3 is 21.1 Å². The number of alkyl carbamates (subject to hydrolysis) is 1. The molecule has 0 saturated carbocycles. The van der Waals surface area contributed by atoms with Gasteiger partial charge in [-0.25, -0.2) is 4.79 Å². The maximum Gasteiger partial charge on any atom is 0.408 e. The third-order valence-corrected chi connectivity index (χ3v) is 4.57. The fraction of sp³-hybridized carbons (Fsp3) is 0.304. The van der Waals surface area contributed by atoms with Crippen LogP contribution < -0.4 is 16.4 Å². The Bertz CT molecular complexity index is 912.